The van der Waals surface area contributed by atoms with E-state index >= 15 is 0 Å². The highest BCUT2D eigenvalue weighted by Crippen LogP contribution is 2.29. The van der Waals surface area contributed by atoms with Crippen LogP contribution < -0.4 is 4.90 Å². The number of aromatic nitrogens is 2. The molecule has 2 aliphatic heterocycles. The van der Waals surface area contributed by atoms with Gasteiger partial charge in [-0.1, -0.05) is 12.1 Å². The van der Waals surface area contributed by atoms with Crippen molar-refractivity contribution < 1.29 is 13.9 Å². The summed E-state index contributed by atoms with van der Waals surface area (Å²) in [6, 6.07) is 6.12. The lowest BCUT2D eigenvalue weighted by Crippen LogP contribution is -2.47. The van der Waals surface area contributed by atoms with Gasteiger partial charge >= 0.3 is 0 Å². The fourth-order valence-electron chi connectivity index (χ4n) is 4.23. The van der Waals surface area contributed by atoms with Gasteiger partial charge in [0.2, 0.25) is 5.91 Å². The van der Waals surface area contributed by atoms with E-state index in [9.17, 15) is 9.18 Å². The molecule has 2 unspecified atom stereocenters. The second-order valence-electron chi connectivity index (χ2n) is 8.05. The van der Waals surface area contributed by atoms with Crippen molar-refractivity contribution in [1.29, 1.82) is 0 Å². The molecule has 7 heteroatoms. The Morgan fingerprint density at radius 3 is 2.55 bits per heavy atom. The average molecular weight is 398 g/mol. The summed E-state index contributed by atoms with van der Waals surface area (Å²) in [4.78, 5) is 26.4. The van der Waals surface area contributed by atoms with Crippen LogP contribution >= 0.6 is 0 Å². The van der Waals surface area contributed by atoms with Crippen molar-refractivity contribution in [1.82, 2.24) is 14.9 Å². The first-order chi connectivity index (χ1) is 13.9. The number of ether oxygens (including phenoxy) is 1. The predicted molar refractivity (Wildman–Crippen MR) is 108 cm³/mol. The second kappa shape index (κ2) is 8.06. The molecular formula is C22H27FN4O2. The highest BCUT2D eigenvalue weighted by molar-refractivity contribution is 5.79. The number of carbonyl (C=O) groups is 1. The van der Waals surface area contributed by atoms with Gasteiger partial charge in [0.05, 0.1) is 30.9 Å². The quantitative estimate of drug-likeness (QED) is 0.796. The van der Waals surface area contributed by atoms with Gasteiger partial charge < -0.3 is 14.5 Å². The van der Waals surface area contributed by atoms with E-state index < -0.39 is 0 Å². The molecule has 4 rings (SSSR count). The van der Waals surface area contributed by atoms with E-state index in [1.807, 2.05) is 11.8 Å². The topological polar surface area (TPSA) is 58.6 Å². The molecule has 0 N–H and O–H groups in total. The van der Waals surface area contributed by atoms with Crippen molar-refractivity contribution in [3.8, 4) is 0 Å². The number of anilines is 1. The Bertz CT molecular complexity index is 892. The van der Waals surface area contributed by atoms with E-state index in [4.69, 9.17) is 9.72 Å². The van der Waals surface area contributed by atoms with Crippen LogP contribution in [0.4, 0.5) is 10.2 Å². The zero-order valence-corrected chi connectivity index (χ0v) is 17.2. The maximum absolute atomic E-state index is 13.1. The van der Waals surface area contributed by atoms with Crippen molar-refractivity contribution >= 4 is 11.7 Å². The Balaban J connectivity index is 1.56. The molecule has 0 bridgehead atoms. The molecule has 2 aromatic rings. The molecule has 2 aliphatic rings. The summed E-state index contributed by atoms with van der Waals surface area (Å²) in [6.45, 7) is 8.75. The number of halogens is 1. The average Bonchev–Trinajstić information content (AvgIpc) is 2.68. The molecule has 1 aromatic carbocycles. The van der Waals surface area contributed by atoms with Gasteiger partial charge in [-0.2, -0.15) is 0 Å². The first kappa shape index (κ1) is 19.8. The van der Waals surface area contributed by atoms with Crippen molar-refractivity contribution in [2.75, 3.05) is 24.5 Å². The van der Waals surface area contributed by atoms with Gasteiger partial charge in [-0.05, 0) is 38.5 Å². The Kier molecular flexibility index (Phi) is 5.50. The van der Waals surface area contributed by atoms with E-state index in [2.05, 4.69) is 23.7 Å². The molecule has 1 saturated heterocycles. The minimum absolute atomic E-state index is 0.0393. The van der Waals surface area contributed by atoms with Crippen molar-refractivity contribution in [3.05, 3.63) is 52.7 Å². The normalized spacial score (nSPS) is 21.8. The first-order valence-corrected chi connectivity index (χ1v) is 10.2. The number of benzene rings is 1. The third kappa shape index (κ3) is 4.40. The van der Waals surface area contributed by atoms with Crippen LogP contribution in [0.25, 0.3) is 0 Å². The van der Waals surface area contributed by atoms with Crippen LogP contribution in [0, 0.1) is 12.7 Å². The molecule has 3 heterocycles. The van der Waals surface area contributed by atoms with Crippen molar-refractivity contribution in [2.45, 2.75) is 52.4 Å². The van der Waals surface area contributed by atoms with Gasteiger partial charge in [0.15, 0.2) is 0 Å². The number of rotatable bonds is 3. The molecule has 1 aromatic heterocycles. The van der Waals surface area contributed by atoms with Gasteiger partial charge in [-0.3, -0.25) is 4.79 Å². The van der Waals surface area contributed by atoms with E-state index in [0.29, 0.717) is 13.1 Å². The number of fused-ring (bicyclic) bond motifs is 1. The molecule has 29 heavy (non-hydrogen) atoms. The third-order valence-electron chi connectivity index (χ3n) is 5.49. The monoisotopic (exact) mass is 398 g/mol. The van der Waals surface area contributed by atoms with Crippen LogP contribution in [0.15, 0.2) is 24.3 Å². The Labute approximate surface area is 170 Å². The van der Waals surface area contributed by atoms with Crippen LogP contribution in [0.1, 0.15) is 36.5 Å². The molecule has 0 radical (unpaired) electrons. The molecule has 6 nitrogen and oxygen atoms in total. The fraction of sp³-hybridized carbons (Fsp3) is 0.500. The summed E-state index contributed by atoms with van der Waals surface area (Å²) in [7, 11) is 0. The lowest BCUT2D eigenvalue weighted by molar-refractivity contribution is -0.131. The summed E-state index contributed by atoms with van der Waals surface area (Å²) in [5, 5.41) is 0. The lowest BCUT2D eigenvalue weighted by Gasteiger charge is -2.38. The fourth-order valence-corrected chi connectivity index (χ4v) is 4.23. The SMILES string of the molecule is Cc1nc2c(c(N3CC(C)OC(C)C3)n1)CN(C(=O)Cc1ccc(F)cc1)CC2. The summed E-state index contributed by atoms with van der Waals surface area (Å²) < 4.78 is 19.0. The lowest BCUT2D eigenvalue weighted by atomic mass is 10.0. The number of hydrogen-bond acceptors (Lipinski definition) is 5. The van der Waals surface area contributed by atoms with E-state index in [1.165, 1.54) is 12.1 Å². The minimum Gasteiger partial charge on any atom is -0.372 e. The molecule has 1 amide bonds. The highest BCUT2D eigenvalue weighted by Gasteiger charge is 2.30. The van der Waals surface area contributed by atoms with Crippen molar-refractivity contribution in [2.24, 2.45) is 0 Å². The highest BCUT2D eigenvalue weighted by atomic mass is 19.1. The molecule has 0 spiro atoms. The van der Waals surface area contributed by atoms with Gasteiger partial charge in [0.25, 0.3) is 0 Å². The number of morpholine rings is 1. The summed E-state index contributed by atoms with van der Waals surface area (Å²) in [6.07, 6.45) is 1.24. The number of hydrogen-bond donors (Lipinski definition) is 0. The van der Waals surface area contributed by atoms with Gasteiger partial charge in [-0.25, -0.2) is 14.4 Å². The van der Waals surface area contributed by atoms with Crippen LogP contribution in [-0.4, -0.2) is 52.6 Å². The van der Waals surface area contributed by atoms with Gasteiger partial charge in [0.1, 0.15) is 17.5 Å². The van der Waals surface area contributed by atoms with Crippen LogP contribution in [0.2, 0.25) is 0 Å². The largest absolute Gasteiger partial charge is 0.372 e. The molecule has 154 valence electrons. The third-order valence-corrected chi connectivity index (χ3v) is 5.49. The minimum atomic E-state index is -0.292. The van der Waals surface area contributed by atoms with E-state index in [1.54, 1.807) is 12.1 Å². The van der Waals surface area contributed by atoms with Crippen molar-refractivity contribution in [3.63, 3.8) is 0 Å². The Hall–Kier alpha value is -2.54. The number of amides is 1. The van der Waals surface area contributed by atoms with Gasteiger partial charge in [-0.15, -0.1) is 0 Å². The van der Waals surface area contributed by atoms with E-state index in [0.717, 1.165) is 48.0 Å². The number of aryl methyl sites for hydroxylation is 1. The molecule has 0 aliphatic carbocycles. The van der Waals surface area contributed by atoms with Gasteiger partial charge in [0, 0.05) is 31.6 Å². The first-order valence-electron chi connectivity index (χ1n) is 10.2. The zero-order chi connectivity index (χ0) is 20.5. The molecule has 2 atom stereocenters. The standard InChI is InChI=1S/C22H27FN4O2/c1-14-11-27(12-15(2)29-14)22-19-13-26(9-8-20(19)24-16(3)25-22)21(28)10-17-4-6-18(23)7-5-17/h4-7,14-15H,8-13H2,1-3H3. The number of carbonyl (C=O) groups excluding carboxylic acids is 1. The Morgan fingerprint density at radius 1 is 1.17 bits per heavy atom. The summed E-state index contributed by atoms with van der Waals surface area (Å²) in [5.41, 5.74) is 2.89. The molecule has 0 saturated carbocycles. The molecular weight excluding hydrogens is 371 g/mol. The zero-order valence-electron chi connectivity index (χ0n) is 17.2. The predicted octanol–water partition coefficient (Wildman–Crippen LogP) is 2.67. The smallest absolute Gasteiger partial charge is 0.227 e. The van der Waals surface area contributed by atoms with Crippen LogP contribution in [-0.2, 0) is 28.9 Å². The Morgan fingerprint density at radius 2 is 1.86 bits per heavy atom. The number of nitrogens with zero attached hydrogens (tertiary/aromatic N) is 4. The summed E-state index contributed by atoms with van der Waals surface area (Å²) >= 11 is 0. The maximum atomic E-state index is 13.1. The molecule has 1 fully saturated rings. The maximum Gasteiger partial charge on any atom is 0.227 e. The summed E-state index contributed by atoms with van der Waals surface area (Å²) in [5.74, 6) is 1.43. The second-order valence-corrected chi connectivity index (χ2v) is 8.05. The van der Waals surface area contributed by atoms with Crippen LogP contribution in [0.5, 0.6) is 0 Å². The van der Waals surface area contributed by atoms with E-state index in [-0.39, 0.29) is 30.4 Å². The van der Waals surface area contributed by atoms with Crippen LogP contribution in [0.3, 0.4) is 0 Å².